The molecular weight excluding hydrogens is 358 g/mol. The third kappa shape index (κ3) is 3.29. The van der Waals surface area contributed by atoms with E-state index in [1.54, 1.807) is 0 Å². The second-order valence-corrected chi connectivity index (χ2v) is 6.69. The van der Waals surface area contributed by atoms with E-state index in [1.165, 1.54) is 29.2 Å². The molecule has 0 spiro atoms. The second kappa shape index (κ2) is 7.11. The Kier molecular flexibility index (Phi) is 4.49. The molecule has 1 aliphatic heterocycles. The smallest absolute Gasteiger partial charge is 0.269 e. The topological polar surface area (TPSA) is 92.6 Å². The van der Waals surface area contributed by atoms with Gasteiger partial charge in [-0.1, -0.05) is 36.4 Å². The van der Waals surface area contributed by atoms with Gasteiger partial charge in [-0.3, -0.25) is 19.7 Å². The van der Waals surface area contributed by atoms with Crippen molar-refractivity contribution in [2.24, 2.45) is 5.92 Å². The molecule has 140 valence electrons. The summed E-state index contributed by atoms with van der Waals surface area (Å²) in [5.41, 5.74) is 1.22. The lowest BCUT2D eigenvalue weighted by Crippen LogP contribution is -2.28. The third-order valence-corrected chi connectivity index (χ3v) is 4.92. The summed E-state index contributed by atoms with van der Waals surface area (Å²) in [6.45, 7) is 0.243. The number of nitrogens with one attached hydrogen (secondary N) is 1. The Morgan fingerprint density at radius 1 is 1.04 bits per heavy atom. The molecule has 1 N–H and O–H groups in total. The maximum atomic E-state index is 12.7. The lowest BCUT2D eigenvalue weighted by molar-refractivity contribution is -0.384. The molecule has 1 fully saturated rings. The van der Waals surface area contributed by atoms with Crippen LogP contribution in [0.4, 0.5) is 17.1 Å². The summed E-state index contributed by atoms with van der Waals surface area (Å²) in [4.78, 5) is 36.9. The molecule has 0 radical (unpaired) electrons. The second-order valence-electron chi connectivity index (χ2n) is 6.69. The molecule has 1 heterocycles. The van der Waals surface area contributed by atoms with Gasteiger partial charge in [-0.15, -0.1) is 0 Å². The first-order valence-electron chi connectivity index (χ1n) is 8.86. The summed E-state index contributed by atoms with van der Waals surface area (Å²) < 4.78 is 0. The fourth-order valence-corrected chi connectivity index (χ4v) is 3.46. The van der Waals surface area contributed by atoms with Gasteiger partial charge in [-0.2, -0.15) is 0 Å². The Bertz CT molecular complexity index is 1070. The zero-order chi connectivity index (χ0) is 19.7. The Morgan fingerprint density at radius 3 is 2.50 bits per heavy atom. The van der Waals surface area contributed by atoms with E-state index in [2.05, 4.69) is 5.32 Å². The van der Waals surface area contributed by atoms with Crippen LogP contribution in [0, 0.1) is 16.0 Å². The number of nitrogens with zero attached hydrogens (tertiary/aromatic N) is 2. The highest BCUT2D eigenvalue weighted by molar-refractivity contribution is 6.07. The average molecular weight is 375 g/mol. The number of non-ortho nitro benzene ring substituents is 1. The molecule has 1 saturated heterocycles. The summed E-state index contributed by atoms with van der Waals surface area (Å²) in [6.07, 6.45) is 0.105. The molecule has 0 unspecified atom stereocenters. The predicted molar refractivity (Wildman–Crippen MR) is 106 cm³/mol. The first-order chi connectivity index (χ1) is 13.5. The van der Waals surface area contributed by atoms with Gasteiger partial charge in [-0.05, 0) is 23.6 Å². The highest BCUT2D eigenvalue weighted by atomic mass is 16.6. The minimum Gasteiger partial charge on any atom is -0.325 e. The molecule has 7 nitrogen and oxygen atoms in total. The van der Waals surface area contributed by atoms with Crippen molar-refractivity contribution < 1.29 is 14.5 Å². The fourth-order valence-electron chi connectivity index (χ4n) is 3.46. The van der Waals surface area contributed by atoms with Crippen molar-refractivity contribution in [3.63, 3.8) is 0 Å². The number of rotatable bonds is 4. The van der Waals surface area contributed by atoms with Crippen LogP contribution in [0.3, 0.4) is 0 Å². The van der Waals surface area contributed by atoms with Crippen LogP contribution < -0.4 is 10.2 Å². The van der Waals surface area contributed by atoms with E-state index in [0.717, 1.165) is 10.8 Å². The molecule has 3 aromatic carbocycles. The molecule has 1 atom stereocenters. The van der Waals surface area contributed by atoms with Crippen LogP contribution in [0.5, 0.6) is 0 Å². The van der Waals surface area contributed by atoms with Crippen LogP contribution >= 0.6 is 0 Å². The number of hydrogen-bond donors (Lipinski definition) is 1. The number of benzene rings is 3. The number of anilines is 2. The first kappa shape index (κ1) is 17.7. The van der Waals surface area contributed by atoms with Crippen LogP contribution in [-0.4, -0.2) is 23.3 Å². The molecule has 0 aliphatic carbocycles. The summed E-state index contributed by atoms with van der Waals surface area (Å²) >= 11 is 0. The molecular formula is C21H17N3O4. The van der Waals surface area contributed by atoms with Crippen molar-refractivity contribution in [3.8, 4) is 0 Å². The van der Waals surface area contributed by atoms with Crippen LogP contribution in [0.2, 0.25) is 0 Å². The lowest BCUT2D eigenvalue weighted by atomic mass is 10.1. The largest absolute Gasteiger partial charge is 0.325 e. The number of carbonyl (C=O) groups is 2. The normalized spacial score (nSPS) is 16.4. The maximum Gasteiger partial charge on any atom is 0.269 e. The molecule has 0 aromatic heterocycles. The quantitative estimate of drug-likeness (QED) is 0.555. The minimum absolute atomic E-state index is 0.0411. The zero-order valence-electron chi connectivity index (χ0n) is 14.9. The molecule has 1 aliphatic rings. The highest BCUT2D eigenvalue weighted by Gasteiger charge is 2.35. The molecule has 7 heteroatoms. The number of fused-ring (bicyclic) bond motifs is 1. The number of carbonyl (C=O) groups excluding carboxylic acids is 2. The molecule has 3 aromatic rings. The number of amides is 2. The van der Waals surface area contributed by atoms with Crippen molar-refractivity contribution in [1.82, 2.24) is 0 Å². The molecule has 4 rings (SSSR count). The summed E-state index contributed by atoms with van der Waals surface area (Å²) in [7, 11) is 0. The van der Waals surface area contributed by atoms with Crippen molar-refractivity contribution in [2.75, 3.05) is 16.8 Å². The number of nitro groups is 1. The standard InChI is InChI=1S/C21H17N3O4/c25-20-12-15(13-23(20)16-8-10-17(11-9-16)24(27)28)21(26)22-19-7-3-5-14-4-1-2-6-18(14)19/h1-11,15H,12-13H2,(H,22,26)/t15-/m1/s1. The van der Waals surface area contributed by atoms with Gasteiger partial charge in [0.2, 0.25) is 11.8 Å². The first-order valence-corrected chi connectivity index (χ1v) is 8.86. The van der Waals surface area contributed by atoms with Gasteiger partial charge in [0, 0.05) is 41.9 Å². The van der Waals surface area contributed by atoms with Crippen molar-refractivity contribution >= 4 is 39.6 Å². The highest BCUT2D eigenvalue weighted by Crippen LogP contribution is 2.29. The van der Waals surface area contributed by atoms with Gasteiger partial charge in [-0.25, -0.2) is 0 Å². The Morgan fingerprint density at radius 2 is 1.75 bits per heavy atom. The van der Waals surface area contributed by atoms with E-state index in [1.807, 2.05) is 42.5 Å². The van der Waals surface area contributed by atoms with Crippen LogP contribution in [-0.2, 0) is 9.59 Å². The summed E-state index contributed by atoms with van der Waals surface area (Å²) in [6, 6.07) is 19.2. The van der Waals surface area contributed by atoms with E-state index in [9.17, 15) is 19.7 Å². The lowest BCUT2D eigenvalue weighted by Gasteiger charge is -2.17. The van der Waals surface area contributed by atoms with Gasteiger partial charge in [0.1, 0.15) is 0 Å². The third-order valence-electron chi connectivity index (χ3n) is 4.92. The van der Waals surface area contributed by atoms with Crippen LogP contribution in [0.1, 0.15) is 6.42 Å². The number of hydrogen-bond acceptors (Lipinski definition) is 4. The Hall–Kier alpha value is -3.74. The molecule has 0 bridgehead atoms. The van der Waals surface area contributed by atoms with E-state index >= 15 is 0 Å². The summed E-state index contributed by atoms with van der Waals surface area (Å²) in [5.74, 6) is -0.873. The monoisotopic (exact) mass is 375 g/mol. The molecule has 2 amide bonds. The molecule has 28 heavy (non-hydrogen) atoms. The van der Waals surface area contributed by atoms with E-state index in [-0.39, 0.29) is 30.5 Å². The van der Waals surface area contributed by atoms with Gasteiger partial charge in [0.05, 0.1) is 10.8 Å². The predicted octanol–water partition coefficient (Wildman–Crippen LogP) is 3.74. The van der Waals surface area contributed by atoms with Gasteiger partial charge >= 0.3 is 0 Å². The SMILES string of the molecule is O=C(Nc1cccc2ccccc12)[C@@H]1CC(=O)N(c2ccc([N+](=O)[O-])cc2)C1. The van der Waals surface area contributed by atoms with Crippen molar-refractivity contribution in [2.45, 2.75) is 6.42 Å². The molecule has 0 saturated carbocycles. The van der Waals surface area contributed by atoms with E-state index in [0.29, 0.717) is 11.4 Å². The van der Waals surface area contributed by atoms with Gasteiger partial charge in [0.25, 0.3) is 5.69 Å². The van der Waals surface area contributed by atoms with Gasteiger partial charge in [0.15, 0.2) is 0 Å². The maximum absolute atomic E-state index is 12.7. The fraction of sp³-hybridized carbons (Fsp3) is 0.143. The Balaban J connectivity index is 1.50. The zero-order valence-corrected chi connectivity index (χ0v) is 14.9. The van der Waals surface area contributed by atoms with E-state index in [4.69, 9.17) is 0 Å². The summed E-state index contributed by atoms with van der Waals surface area (Å²) in [5, 5.41) is 15.7. The van der Waals surface area contributed by atoms with Crippen LogP contribution in [0.25, 0.3) is 10.8 Å². The van der Waals surface area contributed by atoms with Crippen molar-refractivity contribution in [3.05, 3.63) is 76.8 Å². The van der Waals surface area contributed by atoms with E-state index < -0.39 is 10.8 Å². The Labute approximate surface area is 160 Å². The van der Waals surface area contributed by atoms with Crippen LogP contribution in [0.15, 0.2) is 66.7 Å². The average Bonchev–Trinajstić information content (AvgIpc) is 3.10. The van der Waals surface area contributed by atoms with Crippen molar-refractivity contribution in [1.29, 1.82) is 0 Å². The number of nitro benzene ring substituents is 1. The minimum atomic E-state index is -0.490. The van der Waals surface area contributed by atoms with Gasteiger partial charge < -0.3 is 10.2 Å².